The van der Waals surface area contributed by atoms with Crippen molar-refractivity contribution in [2.24, 2.45) is 0 Å². The number of hydrogen-bond donors (Lipinski definition) is 0. The average molecular weight is 135 g/mol. The molecule has 0 N–H and O–H groups in total. The van der Waals surface area contributed by atoms with Crippen LogP contribution < -0.4 is 9.47 Å². The minimum Gasteiger partial charge on any atom is -0.490 e. The number of rotatable bonds is 0. The van der Waals surface area contributed by atoms with Crippen molar-refractivity contribution in [3.05, 3.63) is 24.3 Å². The molecule has 0 unspecified atom stereocenters. The van der Waals surface area contributed by atoms with Crippen LogP contribution in [0, 0.1) is 6.07 Å². The van der Waals surface area contributed by atoms with Gasteiger partial charge in [0.2, 0.25) is 0 Å². The second-order valence-electron chi connectivity index (χ2n) is 2.09. The zero-order valence-corrected chi connectivity index (χ0v) is 5.46. The van der Waals surface area contributed by atoms with Crippen LogP contribution in [-0.4, -0.2) is 13.2 Å². The Hall–Kier alpha value is -1.18. The first-order valence-electron chi connectivity index (χ1n) is 3.22. The molecular weight excluding hydrogens is 128 g/mol. The molecule has 2 bridgehead atoms. The lowest BCUT2D eigenvalue weighted by atomic mass is 10.3. The highest BCUT2D eigenvalue weighted by atomic mass is 16.5. The molecule has 0 spiro atoms. The maximum Gasteiger partial charge on any atom is 0.131 e. The van der Waals surface area contributed by atoms with E-state index in [0.29, 0.717) is 13.2 Å². The molecule has 1 aromatic rings. The summed E-state index contributed by atoms with van der Waals surface area (Å²) in [6, 6.07) is 8.46. The maximum atomic E-state index is 5.26. The number of hydrogen-bond acceptors (Lipinski definition) is 2. The number of benzene rings is 1. The smallest absolute Gasteiger partial charge is 0.131 e. The van der Waals surface area contributed by atoms with Crippen molar-refractivity contribution in [3.8, 4) is 11.5 Å². The van der Waals surface area contributed by atoms with E-state index < -0.39 is 0 Å². The lowest BCUT2D eigenvalue weighted by Crippen LogP contribution is -2.04. The van der Waals surface area contributed by atoms with Crippen LogP contribution in [0.25, 0.3) is 0 Å². The molecule has 2 rings (SSSR count). The highest BCUT2D eigenvalue weighted by molar-refractivity contribution is 5.32. The molecule has 2 heteroatoms. The Morgan fingerprint density at radius 3 is 3.20 bits per heavy atom. The molecule has 0 aliphatic carbocycles. The molecule has 1 aliphatic rings. The minimum absolute atomic E-state index is 0.615. The van der Waals surface area contributed by atoms with E-state index in [1.807, 2.05) is 12.1 Å². The maximum absolute atomic E-state index is 5.26. The van der Waals surface area contributed by atoms with Gasteiger partial charge in [-0.1, -0.05) is 0 Å². The molecule has 0 amide bonds. The minimum atomic E-state index is 0.615. The van der Waals surface area contributed by atoms with Gasteiger partial charge in [0.1, 0.15) is 24.7 Å². The molecule has 1 aliphatic heterocycles. The zero-order valence-electron chi connectivity index (χ0n) is 5.46. The van der Waals surface area contributed by atoms with Crippen LogP contribution in [0.3, 0.4) is 0 Å². The Bertz CT molecular complexity index is 211. The molecule has 0 saturated heterocycles. The van der Waals surface area contributed by atoms with Gasteiger partial charge in [0, 0.05) is 12.1 Å². The second kappa shape index (κ2) is 2.21. The van der Waals surface area contributed by atoms with Gasteiger partial charge in [-0.25, -0.2) is 0 Å². The van der Waals surface area contributed by atoms with E-state index in [-0.39, 0.29) is 0 Å². The van der Waals surface area contributed by atoms with Gasteiger partial charge in [-0.15, -0.1) is 0 Å². The third kappa shape index (κ3) is 0.923. The normalized spacial score (nSPS) is 14.8. The van der Waals surface area contributed by atoms with Crippen molar-refractivity contribution >= 4 is 0 Å². The number of fused-ring (bicyclic) bond motifs is 2. The molecule has 0 saturated carbocycles. The molecule has 0 atom stereocenters. The fraction of sp³-hybridized carbons (Fsp3) is 0.250. The number of ether oxygens (including phenoxy) is 2. The van der Waals surface area contributed by atoms with E-state index in [9.17, 15) is 0 Å². The van der Waals surface area contributed by atoms with E-state index in [2.05, 4.69) is 6.07 Å². The third-order valence-corrected chi connectivity index (χ3v) is 1.36. The topological polar surface area (TPSA) is 18.5 Å². The Kier molecular flexibility index (Phi) is 1.24. The van der Waals surface area contributed by atoms with Gasteiger partial charge in [-0.05, 0) is 12.1 Å². The SMILES string of the molecule is [c]1ccc2cc1OCCO2. The van der Waals surface area contributed by atoms with Crippen LogP contribution in [0.1, 0.15) is 0 Å². The van der Waals surface area contributed by atoms with E-state index >= 15 is 0 Å². The second-order valence-corrected chi connectivity index (χ2v) is 2.09. The highest BCUT2D eigenvalue weighted by Crippen LogP contribution is 2.20. The zero-order chi connectivity index (χ0) is 6.81. The summed E-state index contributed by atoms with van der Waals surface area (Å²) in [5.41, 5.74) is 0. The van der Waals surface area contributed by atoms with Crippen LogP contribution >= 0.6 is 0 Å². The molecule has 2 nitrogen and oxygen atoms in total. The molecule has 0 fully saturated rings. The van der Waals surface area contributed by atoms with Crippen molar-refractivity contribution in [2.45, 2.75) is 0 Å². The van der Waals surface area contributed by atoms with Crippen LogP contribution in [0.2, 0.25) is 0 Å². The first-order valence-corrected chi connectivity index (χ1v) is 3.22. The quantitative estimate of drug-likeness (QED) is 0.533. The summed E-state index contributed by atoms with van der Waals surface area (Å²) in [5.74, 6) is 1.64. The van der Waals surface area contributed by atoms with Crippen LogP contribution in [0.5, 0.6) is 11.5 Å². The summed E-state index contributed by atoms with van der Waals surface area (Å²) in [7, 11) is 0. The fourth-order valence-electron chi connectivity index (χ4n) is 0.909. The van der Waals surface area contributed by atoms with Gasteiger partial charge in [0.25, 0.3) is 0 Å². The first-order chi connectivity index (χ1) is 4.95. The van der Waals surface area contributed by atoms with E-state index in [0.717, 1.165) is 11.5 Å². The summed E-state index contributed by atoms with van der Waals surface area (Å²) in [5, 5.41) is 0. The van der Waals surface area contributed by atoms with E-state index in [1.54, 1.807) is 6.07 Å². The van der Waals surface area contributed by atoms with Crippen molar-refractivity contribution in [1.82, 2.24) is 0 Å². The van der Waals surface area contributed by atoms with Gasteiger partial charge in [-0.2, -0.15) is 0 Å². The Morgan fingerprint density at radius 2 is 2.20 bits per heavy atom. The fourth-order valence-corrected chi connectivity index (χ4v) is 0.909. The lowest BCUT2D eigenvalue weighted by molar-refractivity contribution is 0.232. The summed E-state index contributed by atoms with van der Waals surface area (Å²) in [6.45, 7) is 1.24. The van der Waals surface area contributed by atoms with Gasteiger partial charge >= 0.3 is 0 Å². The summed E-state index contributed by atoms with van der Waals surface area (Å²) < 4.78 is 10.5. The molecule has 1 heterocycles. The van der Waals surface area contributed by atoms with E-state index in [1.165, 1.54) is 0 Å². The average Bonchev–Trinajstić information content (AvgIpc) is 2.12. The third-order valence-electron chi connectivity index (χ3n) is 1.36. The lowest BCUT2D eigenvalue weighted by Gasteiger charge is -1.97. The molecule has 0 aromatic heterocycles. The summed E-state index contributed by atoms with van der Waals surface area (Å²) in [6.07, 6.45) is 0. The standard InChI is InChI=1S/C8H7O2/c1-2-7-6-8(3-1)10-5-4-9-7/h1-2,6H,4-5H2. The van der Waals surface area contributed by atoms with Gasteiger partial charge < -0.3 is 9.47 Å². The van der Waals surface area contributed by atoms with Crippen LogP contribution in [-0.2, 0) is 0 Å². The van der Waals surface area contributed by atoms with Gasteiger partial charge in [0.05, 0.1) is 0 Å². The van der Waals surface area contributed by atoms with Crippen LogP contribution in [0.4, 0.5) is 0 Å². The first kappa shape index (κ1) is 5.59. The van der Waals surface area contributed by atoms with Crippen molar-refractivity contribution in [3.63, 3.8) is 0 Å². The highest BCUT2D eigenvalue weighted by Gasteiger charge is 2.02. The largest absolute Gasteiger partial charge is 0.490 e. The molecule has 1 aromatic carbocycles. The Labute approximate surface area is 59.4 Å². The van der Waals surface area contributed by atoms with Crippen molar-refractivity contribution in [2.75, 3.05) is 13.2 Å². The molecule has 51 valence electrons. The van der Waals surface area contributed by atoms with Crippen molar-refractivity contribution < 1.29 is 9.47 Å². The van der Waals surface area contributed by atoms with Crippen LogP contribution in [0.15, 0.2) is 18.2 Å². The Morgan fingerprint density at radius 1 is 1.30 bits per heavy atom. The predicted molar refractivity (Wildman–Crippen MR) is 36.3 cm³/mol. The monoisotopic (exact) mass is 135 g/mol. The molecule has 10 heavy (non-hydrogen) atoms. The predicted octanol–water partition coefficient (Wildman–Crippen LogP) is 1.26. The molecule has 1 radical (unpaired) electrons. The van der Waals surface area contributed by atoms with Gasteiger partial charge in [-0.3, -0.25) is 0 Å². The van der Waals surface area contributed by atoms with E-state index in [4.69, 9.17) is 9.47 Å². The molecular formula is C8H7O2. The van der Waals surface area contributed by atoms with Crippen molar-refractivity contribution in [1.29, 1.82) is 0 Å². The summed E-state index contributed by atoms with van der Waals surface area (Å²) in [4.78, 5) is 0. The Balaban J connectivity index is 2.41. The summed E-state index contributed by atoms with van der Waals surface area (Å²) >= 11 is 0. The van der Waals surface area contributed by atoms with Gasteiger partial charge in [0.15, 0.2) is 0 Å².